The average Bonchev–Trinajstić information content (AvgIpc) is 2.27. The summed E-state index contributed by atoms with van der Waals surface area (Å²) >= 11 is 2.06. The van der Waals surface area contributed by atoms with Gasteiger partial charge < -0.3 is 10.2 Å². The van der Waals surface area contributed by atoms with Crippen LogP contribution in [-0.4, -0.2) is 48.6 Å². The fourth-order valence-corrected chi connectivity index (χ4v) is 2.68. The van der Waals surface area contributed by atoms with E-state index in [1.165, 1.54) is 50.4 Å². The van der Waals surface area contributed by atoms with Crippen LogP contribution in [0.4, 0.5) is 0 Å². The molecule has 0 bridgehead atoms. The standard InChI is InChI=1S/C12H26N2S/c1-4-15-11-5-8-14-9-6-12(2,13-3)7-10-14/h13H,4-11H2,1-3H3. The van der Waals surface area contributed by atoms with Crippen LogP contribution in [0, 0.1) is 0 Å². The van der Waals surface area contributed by atoms with Crippen LogP contribution in [0.25, 0.3) is 0 Å². The molecule has 1 fully saturated rings. The minimum absolute atomic E-state index is 0.397. The molecule has 1 saturated heterocycles. The number of likely N-dealkylation sites (tertiary alicyclic amines) is 1. The predicted molar refractivity (Wildman–Crippen MR) is 70.8 cm³/mol. The third-order valence-corrected chi connectivity index (χ3v) is 4.52. The third kappa shape index (κ3) is 4.75. The van der Waals surface area contributed by atoms with E-state index < -0.39 is 0 Å². The summed E-state index contributed by atoms with van der Waals surface area (Å²) in [5.74, 6) is 2.59. The van der Waals surface area contributed by atoms with Crippen molar-refractivity contribution in [2.45, 2.75) is 38.6 Å². The van der Waals surface area contributed by atoms with E-state index in [2.05, 4.69) is 42.9 Å². The molecular formula is C12H26N2S. The van der Waals surface area contributed by atoms with Gasteiger partial charge in [0.15, 0.2) is 0 Å². The summed E-state index contributed by atoms with van der Waals surface area (Å²) in [7, 11) is 2.09. The van der Waals surface area contributed by atoms with E-state index in [9.17, 15) is 0 Å². The summed E-state index contributed by atoms with van der Waals surface area (Å²) in [4.78, 5) is 2.62. The van der Waals surface area contributed by atoms with Gasteiger partial charge in [-0.2, -0.15) is 11.8 Å². The third-order valence-electron chi connectivity index (χ3n) is 3.53. The molecule has 0 spiro atoms. The second kappa shape index (κ2) is 6.77. The van der Waals surface area contributed by atoms with Crippen LogP contribution >= 0.6 is 11.8 Å². The van der Waals surface area contributed by atoms with Crippen molar-refractivity contribution in [3.8, 4) is 0 Å². The van der Waals surface area contributed by atoms with Crippen LogP contribution in [-0.2, 0) is 0 Å². The van der Waals surface area contributed by atoms with E-state index in [0.717, 1.165) is 0 Å². The van der Waals surface area contributed by atoms with Gasteiger partial charge in [0, 0.05) is 5.54 Å². The van der Waals surface area contributed by atoms with E-state index in [-0.39, 0.29) is 0 Å². The molecule has 0 amide bonds. The molecule has 1 heterocycles. The van der Waals surface area contributed by atoms with Crippen LogP contribution in [0.3, 0.4) is 0 Å². The highest BCUT2D eigenvalue weighted by Gasteiger charge is 2.27. The zero-order valence-electron chi connectivity index (χ0n) is 10.5. The summed E-state index contributed by atoms with van der Waals surface area (Å²) in [5, 5.41) is 3.45. The lowest BCUT2D eigenvalue weighted by molar-refractivity contribution is 0.153. The number of thioether (sulfide) groups is 1. The van der Waals surface area contributed by atoms with Crippen LogP contribution in [0.2, 0.25) is 0 Å². The fourth-order valence-electron chi connectivity index (χ4n) is 2.05. The van der Waals surface area contributed by atoms with Crippen molar-refractivity contribution in [2.24, 2.45) is 0 Å². The van der Waals surface area contributed by atoms with Crippen molar-refractivity contribution in [3.05, 3.63) is 0 Å². The molecular weight excluding hydrogens is 204 g/mol. The van der Waals surface area contributed by atoms with Gasteiger partial charge in [-0.05, 0) is 64.4 Å². The van der Waals surface area contributed by atoms with E-state index >= 15 is 0 Å². The van der Waals surface area contributed by atoms with E-state index in [4.69, 9.17) is 0 Å². The van der Waals surface area contributed by atoms with Gasteiger partial charge in [-0.15, -0.1) is 0 Å². The molecule has 0 aromatic carbocycles. The first-order chi connectivity index (χ1) is 7.20. The Kier molecular flexibility index (Phi) is 6.02. The number of piperidine rings is 1. The molecule has 0 aromatic rings. The highest BCUT2D eigenvalue weighted by Crippen LogP contribution is 2.21. The Morgan fingerprint density at radius 1 is 1.33 bits per heavy atom. The minimum atomic E-state index is 0.397. The van der Waals surface area contributed by atoms with Gasteiger partial charge in [0.1, 0.15) is 0 Å². The molecule has 2 nitrogen and oxygen atoms in total. The SMILES string of the molecule is CCSCCCN1CCC(C)(NC)CC1. The summed E-state index contributed by atoms with van der Waals surface area (Å²) in [6.45, 7) is 8.43. The molecule has 0 aliphatic carbocycles. The predicted octanol–water partition coefficient (Wildman–Crippen LogP) is 2.20. The quantitative estimate of drug-likeness (QED) is 0.704. The van der Waals surface area contributed by atoms with Gasteiger partial charge >= 0.3 is 0 Å². The Bertz CT molecular complexity index is 165. The molecule has 1 N–H and O–H groups in total. The molecule has 1 aliphatic rings. The average molecular weight is 230 g/mol. The number of nitrogens with one attached hydrogen (secondary N) is 1. The molecule has 0 unspecified atom stereocenters. The van der Waals surface area contributed by atoms with Crippen molar-refractivity contribution in [1.29, 1.82) is 0 Å². The van der Waals surface area contributed by atoms with Gasteiger partial charge in [-0.3, -0.25) is 0 Å². The van der Waals surface area contributed by atoms with Crippen molar-refractivity contribution in [3.63, 3.8) is 0 Å². The molecule has 0 atom stereocenters. The normalized spacial score (nSPS) is 21.8. The van der Waals surface area contributed by atoms with E-state index in [1.807, 2.05) is 0 Å². The van der Waals surface area contributed by atoms with Crippen LogP contribution in [0.15, 0.2) is 0 Å². The Balaban J connectivity index is 2.09. The maximum absolute atomic E-state index is 3.45. The van der Waals surface area contributed by atoms with E-state index in [1.54, 1.807) is 0 Å². The monoisotopic (exact) mass is 230 g/mol. The summed E-state index contributed by atoms with van der Waals surface area (Å²) in [6, 6.07) is 0. The van der Waals surface area contributed by atoms with Crippen molar-refractivity contribution in [2.75, 3.05) is 38.2 Å². The summed E-state index contributed by atoms with van der Waals surface area (Å²) < 4.78 is 0. The second-order valence-electron chi connectivity index (χ2n) is 4.70. The first-order valence-electron chi connectivity index (χ1n) is 6.19. The summed E-state index contributed by atoms with van der Waals surface area (Å²) in [6.07, 6.45) is 3.95. The topological polar surface area (TPSA) is 15.3 Å². The Morgan fingerprint density at radius 2 is 2.00 bits per heavy atom. The van der Waals surface area contributed by atoms with Gasteiger partial charge in [-0.1, -0.05) is 6.92 Å². The minimum Gasteiger partial charge on any atom is -0.314 e. The molecule has 3 heteroatoms. The first kappa shape index (κ1) is 13.3. The number of hydrogen-bond acceptors (Lipinski definition) is 3. The van der Waals surface area contributed by atoms with Gasteiger partial charge in [-0.25, -0.2) is 0 Å². The van der Waals surface area contributed by atoms with Crippen LogP contribution in [0.1, 0.15) is 33.1 Å². The zero-order chi connectivity index (χ0) is 11.1. The van der Waals surface area contributed by atoms with Crippen molar-refractivity contribution in [1.82, 2.24) is 10.2 Å². The van der Waals surface area contributed by atoms with Gasteiger partial charge in [0.2, 0.25) is 0 Å². The number of hydrogen-bond donors (Lipinski definition) is 1. The van der Waals surface area contributed by atoms with Crippen molar-refractivity contribution < 1.29 is 0 Å². The largest absolute Gasteiger partial charge is 0.314 e. The fraction of sp³-hybridized carbons (Fsp3) is 1.00. The molecule has 0 saturated carbocycles. The lowest BCUT2D eigenvalue weighted by atomic mass is 9.90. The smallest absolute Gasteiger partial charge is 0.0174 e. The summed E-state index contributed by atoms with van der Waals surface area (Å²) in [5.41, 5.74) is 0.397. The van der Waals surface area contributed by atoms with Crippen LogP contribution < -0.4 is 5.32 Å². The van der Waals surface area contributed by atoms with Crippen LogP contribution in [0.5, 0.6) is 0 Å². The lowest BCUT2D eigenvalue weighted by Crippen LogP contribution is -2.50. The molecule has 1 aliphatic heterocycles. The number of nitrogens with zero attached hydrogens (tertiary/aromatic N) is 1. The first-order valence-corrected chi connectivity index (χ1v) is 7.34. The Labute approximate surface area is 99.2 Å². The second-order valence-corrected chi connectivity index (χ2v) is 6.10. The maximum atomic E-state index is 3.45. The Morgan fingerprint density at radius 3 is 2.53 bits per heavy atom. The van der Waals surface area contributed by atoms with Gasteiger partial charge in [0.05, 0.1) is 0 Å². The van der Waals surface area contributed by atoms with E-state index in [0.29, 0.717) is 5.54 Å². The molecule has 1 rings (SSSR count). The zero-order valence-corrected chi connectivity index (χ0v) is 11.3. The molecule has 90 valence electrons. The highest BCUT2D eigenvalue weighted by molar-refractivity contribution is 7.99. The molecule has 0 aromatic heterocycles. The Hall–Kier alpha value is 0.270. The highest BCUT2D eigenvalue weighted by atomic mass is 32.2. The number of rotatable bonds is 6. The molecule has 0 radical (unpaired) electrons. The maximum Gasteiger partial charge on any atom is 0.0174 e. The molecule has 15 heavy (non-hydrogen) atoms. The lowest BCUT2D eigenvalue weighted by Gasteiger charge is -2.39. The van der Waals surface area contributed by atoms with Crippen molar-refractivity contribution >= 4 is 11.8 Å². The van der Waals surface area contributed by atoms with Gasteiger partial charge in [0.25, 0.3) is 0 Å².